The van der Waals surface area contributed by atoms with E-state index in [-0.39, 0.29) is 24.3 Å². The number of amides is 2. The second-order valence-corrected chi connectivity index (χ2v) is 8.78. The molecule has 1 aliphatic rings. The fourth-order valence-corrected chi connectivity index (χ4v) is 4.32. The zero-order chi connectivity index (χ0) is 20.1. The van der Waals surface area contributed by atoms with Crippen molar-refractivity contribution in [1.82, 2.24) is 10.3 Å². The number of benzene rings is 1. The first kappa shape index (κ1) is 20.5. The summed E-state index contributed by atoms with van der Waals surface area (Å²) in [5.74, 6) is 0.246. The number of carbonyl (C=O) groups excluding carboxylic acids is 2. The van der Waals surface area contributed by atoms with Gasteiger partial charge in [0.05, 0.1) is 17.1 Å². The fourth-order valence-electron chi connectivity index (χ4n) is 3.49. The van der Waals surface area contributed by atoms with Gasteiger partial charge in [0, 0.05) is 28.6 Å². The number of thiazole rings is 1. The normalized spacial score (nSPS) is 14.9. The molecule has 3 rings (SSSR count). The summed E-state index contributed by atoms with van der Waals surface area (Å²) in [5.41, 5.74) is 3.05. The molecule has 0 radical (unpaired) electrons. The monoisotopic (exact) mass is 399 g/mol. The van der Waals surface area contributed by atoms with Gasteiger partial charge in [0.2, 0.25) is 5.91 Å². The van der Waals surface area contributed by atoms with E-state index in [2.05, 4.69) is 29.5 Å². The molecular weight excluding hydrogens is 370 g/mol. The van der Waals surface area contributed by atoms with Crippen LogP contribution in [0.2, 0.25) is 0 Å². The maximum Gasteiger partial charge on any atom is 0.251 e. The van der Waals surface area contributed by atoms with E-state index >= 15 is 0 Å². The van der Waals surface area contributed by atoms with Gasteiger partial charge in [-0.15, -0.1) is 11.3 Å². The van der Waals surface area contributed by atoms with Gasteiger partial charge in [0.25, 0.3) is 5.91 Å². The minimum atomic E-state index is -0.0943. The summed E-state index contributed by atoms with van der Waals surface area (Å²) >= 11 is 1.59. The molecule has 1 saturated carbocycles. The maximum absolute atomic E-state index is 12.5. The van der Waals surface area contributed by atoms with Crippen molar-refractivity contribution in [3.8, 4) is 0 Å². The van der Waals surface area contributed by atoms with Gasteiger partial charge >= 0.3 is 0 Å². The predicted octanol–water partition coefficient (Wildman–Crippen LogP) is 4.82. The molecule has 0 saturated heterocycles. The van der Waals surface area contributed by atoms with E-state index < -0.39 is 0 Å². The van der Waals surface area contributed by atoms with Crippen LogP contribution < -0.4 is 10.6 Å². The first-order valence-corrected chi connectivity index (χ1v) is 11.0. The average molecular weight is 400 g/mol. The number of carbonyl (C=O) groups is 2. The number of anilines is 1. The van der Waals surface area contributed by atoms with E-state index in [0.717, 1.165) is 34.8 Å². The van der Waals surface area contributed by atoms with Gasteiger partial charge in [0.15, 0.2) is 0 Å². The number of hydrogen-bond acceptors (Lipinski definition) is 4. The zero-order valence-corrected chi connectivity index (χ0v) is 17.7. The second kappa shape index (κ2) is 9.32. The lowest BCUT2D eigenvalue weighted by Crippen LogP contribution is -2.36. The summed E-state index contributed by atoms with van der Waals surface area (Å²) in [6.45, 7) is 6.10. The Kier molecular flexibility index (Phi) is 6.83. The molecule has 2 N–H and O–H groups in total. The van der Waals surface area contributed by atoms with Crippen molar-refractivity contribution < 1.29 is 9.59 Å². The molecule has 0 aliphatic heterocycles. The largest absolute Gasteiger partial charge is 0.349 e. The van der Waals surface area contributed by atoms with Crippen molar-refractivity contribution in [3.63, 3.8) is 0 Å². The number of rotatable bonds is 6. The van der Waals surface area contributed by atoms with Crippen LogP contribution in [0.15, 0.2) is 23.6 Å². The number of aromatic nitrogens is 1. The molecule has 0 bridgehead atoms. The van der Waals surface area contributed by atoms with Crippen LogP contribution in [-0.4, -0.2) is 22.8 Å². The van der Waals surface area contributed by atoms with E-state index in [1.165, 1.54) is 19.3 Å². The molecule has 0 spiro atoms. The van der Waals surface area contributed by atoms with Crippen LogP contribution in [-0.2, 0) is 11.2 Å². The highest BCUT2D eigenvalue weighted by Crippen LogP contribution is 2.21. The lowest BCUT2D eigenvalue weighted by Gasteiger charge is -2.23. The molecule has 1 aromatic heterocycles. The average Bonchev–Trinajstić information content (AvgIpc) is 3.13. The topological polar surface area (TPSA) is 71.1 Å². The molecule has 0 unspecified atom stereocenters. The zero-order valence-electron chi connectivity index (χ0n) is 16.9. The fraction of sp³-hybridized carbons (Fsp3) is 0.500. The molecule has 1 aromatic carbocycles. The Balaban J connectivity index is 1.58. The molecule has 0 atom stereocenters. The predicted molar refractivity (Wildman–Crippen MR) is 114 cm³/mol. The SMILES string of the molecule is Cc1cc(C(=O)NC2CCCCC2)ccc1NC(=O)Cc1csc(C(C)C)n1. The Bertz CT molecular complexity index is 838. The Morgan fingerprint density at radius 2 is 1.96 bits per heavy atom. The van der Waals surface area contributed by atoms with Gasteiger partial charge in [-0.05, 0) is 43.5 Å². The summed E-state index contributed by atoms with van der Waals surface area (Å²) in [6.07, 6.45) is 6.02. The van der Waals surface area contributed by atoms with E-state index in [1.807, 2.05) is 24.4 Å². The molecule has 1 fully saturated rings. The van der Waals surface area contributed by atoms with Gasteiger partial charge in [-0.3, -0.25) is 9.59 Å². The van der Waals surface area contributed by atoms with Crippen LogP contribution in [0.5, 0.6) is 0 Å². The molecule has 2 aromatic rings. The van der Waals surface area contributed by atoms with Crippen LogP contribution in [0.1, 0.15) is 78.5 Å². The van der Waals surface area contributed by atoms with Crippen molar-refractivity contribution in [2.24, 2.45) is 0 Å². The number of nitrogens with one attached hydrogen (secondary N) is 2. The van der Waals surface area contributed by atoms with Crippen molar-refractivity contribution in [3.05, 3.63) is 45.4 Å². The van der Waals surface area contributed by atoms with Gasteiger partial charge < -0.3 is 10.6 Å². The Morgan fingerprint density at radius 1 is 1.21 bits per heavy atom. The summed E-state index contributed by atoms with van der Waals surface area (Å²) in [6, 6.07) is 5.71. The molecule has 1 heterocycles. The number of hydrogen-bond donors (Lipinski definition) is 2. The molecule has 2 amide bonds. The third-order valence-electron chi connectivity index (χ3n) is 5.11. The standard InChI is InChI=1S/C22H29N3O2S/c1-14(2)22-24-18(13-28-22)12-20(26)25-19-10-9-16(11-15(19)3)21(27)23-17-7-5-4-6-8-17/h9-11,13-14,17H,4-8,12H2,1-3H3,(H,23,27)(H,25,26). The van der Waals surface area contributed by atoms with Crippen molar-refractivity contribution in [2.45, 2.75) is 71.3 Å². The van der Waals surface area contributed by atoms with E-state index in [9.17, 15) is 9.59 Å². The summed E-state index contributed by atoms with van der Waals surface area (Å²) < 4.78 is 0. The summed E-state index contributed by atoms with van der Waals surface area (Å²) in [7, 11) is 0. The summed E-state index contributed by atoms with van der Waals surface area (Å²) in [4.78, 5) is 29.4. The van der Waals surface area contributed by atoms with E-state index in [1.54, 1.807) is 17.4 Å². The molecule has 5 nitrogen and oxygen atoms in total. The maximum atomic E-state index is 12.5. The third kappa shape index (κ3) is 5.41. The van der Waals surface area contributed by atoms with Crippen LogP contribution in [0.25, 0.3) is 0 Å². The van der Waals surface area contributed by atoms with Crippen LogP contribution in [0.3, 0.4) is 0 Å². The minimum Gasteiger partial charge on any atom is -0.349 e. The Labute approximate surface area is 171 Å². The van der Waals surface area contributed by atoms with Gasteiger partial charge in [-0.1, -0.05) is 33.1 Å². The van der Waals surface area contributed by atoms with Gasteiger partial charge in [0.1, 0.15) is 0 Å². The molecule has 28 heavy (non-hydrogen) atoms. The summed E-state index contributed by atoms with van der Waals surface area (Å²) in [5, 5.41) is 9.07. The second-order valence-electron chi connectivity index (χ2n) is 7.89. The van der Waals surface area contributed by atoms with Crippen LogP contribution in [0, 0.1) is 6.92 Å². The van der Waals surface area contributed by atoms with Crippen molar-refractivity contribution in [1.29, 1.82) is 0 Å². The van der Waals surface area contributed by atoms with E-state index in [0.29, 0.717) is 11.5 Å². The highest BCUT2D eigenvalue weighted by atomic mass is 32.1. The Morgan fingerprint density at radius 3 is 2.61 bits per heavy atom. The quantitative estimate of drug-likeness (QED) is 0.732. The molecule has 150 valence electrons. The van der Waals surface area contributed by atoms with Gasteiger partial charge in [-0.25, -0.2) is 4.98 Å². The third-order valence-corrected chi connectivity index (χ3v) is 6.30. The number of aryl methyl sites for hydroxylation is 1. The lowest BCUT2D eigenvalue weighted by atomic mass is 9.95. The van der Waals surface area contributed by atoms with Crippen molar-refractivity contribution >= 4 is 28.8 Å². The first-order chi connectivity index (χ1) is 13.4. The van der Waals surface area contributed by atoms with E-state index in [4.69, 9.17) is 0 Å². The highest BCUT2D eigenvalue weighted by Gasteiger charge is 2.17. The lowest BCUT2D eigenvalue weighted by molar-refractivity contribution is -0.115. The van der Waals surface area contributed by atoms with Crippen LogP contribution in [0.4, 0.5) is 5.69 Å². The smallest absolute Gasteiger partial charge is 0.251 e. The Hall–Kier alpha value is -2.21. The molecule has 1 aliphatic carbocycles. The number of nitrogens with zero attached hydrogens (tertiary/aromatic N) is 1. The molecular formula is C22H29N3O2S. The van der Waals surface area contributed by atoms with Crippen LogP contribution >= 0.6 is 11.3 Å². The first-order valence-electron chi connectivity index (χ1n) is 10.1. The minimum absolute atomic E-state index is 0.0310. The van der Waals surface area contributed by atoms with Gasteiger partial charge in [-0.2, -0.15) is 0 Å². The molecule has 6 heteroatoms. The highest BCUT2D eigenvalue weighted by molar-refractivity contribution is 7.09. The van der Waals surface area contributed by atoms with Crippen molar-refractivity contribution in [2.75, 3.05) is 5.32 Å².